The largest absolute Gasteiger partial charge is 0.354 e. The van der Waals surface area contributed by atoms with Crippen LogP contribution in [0.1, 0.15) is 43.9 Å². The molecule has 0 unspecified atom stereocenters. The van der Waals surface area contributed by atoms with E-state index in [-0.39, 0.29) is 30.3 Å². The van der Waals surface area contributed by atoms with Crippen molar-refractivity contribution < 1.29 is 10.3 Å². The second-order valence-electron chi connectivity index (χ2n) is 7.12. The van der Waals surface area contributed by atoms with E-state index >= 15 is 0 Å². The minimum Gasteiger partial charge on any atom is -0.354 e. The molecule has 0 fully saturated rings. The molecule has 5 rings (SSSR count). The van der Waals surface area contributed by atoms with E-state index in [0.29, 0.717) is 28.2 Å². The smallest absolute Gasteiger partial charge is 0.253 e. The quantitative estimate of drug-likeness (QED) is 0.715. The molecule has 7 heteroatoms. The molecular weight excluding hydrogens is 364 g/mol. The molecular formula is C22H22N6O. The van der Waals surface area contributed by atoms with Gasteiger partial charge in [-0.25, -0.2) is 4.98 Å². The summed E-state index contributed by atoms with van der Waals surface area (Å²) in [7, 11) is 0. The highest BCUT2D eigenvalue weighted by Gasteiger charge is 2.25. The summed E-state index contributed by atoms with van der Waals surface area (Å²) in [5, 5.41) is 5.95. The Morgan fingerprint density at radius 3 is 2.97 bits per heavy atom. The molecule has 0 spiro atoms. The zero-order valence-electron chi connectivity index (χ0n) is 20.1. The van der Waals surface area contributed by atoms with Crippen LogP contribution in [0.2, 0.25) is 0 Å². The molecule has 2 aliphatic rings. The molecule has 0 aromatic carbocycles. The van der Waals surface area contributed by atoms with Gasteiger partial charge in [-0.3, -0.25) is 14.8 Å². The third-order valence-electron chi connectivity index (χ3n) is 5.04. The predicted molar refractivity (Wildman–Crippen MR) is 111 cm³/mol. The van der Waals surface area contributed by atoms with E-state index in [4.69, 9.17) is 5.48 Å². The van der Waals surface area contributed by atoms with Crippen LogP contribution in [-0.2, 0) is 19.5 Å². The molecule has 2 aliphatic heterocycles. The fraction of sp³-hybridized carbons (Fsp3) is 0.273. The molecule has 0 atom stereocenters. The van der Waals surface area contributed by atoms with Gasteiger partial charge in [0, 0.05) is 45.9 Å². The summed E-state index contributed by atoms with van der Waals surface area (Å²) < 4.78 is 35.3. The summed E-state index contributed by atoms with van der Waals surface area (Å²) in [6.45, 7) is -0.463. The molecule has 1 amide bonds. The van der Waals surface area contributed by atoms with Crippen molar-refractivity contribution >= 4 is 23.1 Å². The first-order valence-corrected chi connectivity index (χ1v) is 9.34. The van der Waals surface area contributed by atoms with Crippen molar-refractivity contribution in [3.63, 3.8) is 0 Å². The maximum atomic E-state index is 12.0. The third-order valence-corrected chi connectivity index (χ3v) is 5.04. The number of amides is 1. The molecule has 0 radical (unpaired) electrons. The van der Waals surface area contributed by atoms with Gasteiger partial charge in [0.1, 0.15) is 5.82 Å². The van der Waals surface area contributed by atoms with Crippen molar-refractivity contribution in [3.8, 4) is 0 Å². The molecule has 0 bridgehead atoms. The standard InChI is InChI=1S/C22H22N6O/c1-13-7-17-20(11-25-22(17)29)27-21(13)28-6-4-19-15(12-28)8-16(10-24-19)26-18-3-5-23-9-14(18)2/h3,5,7-10H,4,6,11-12H2,1-2H3,(H,23,26)(H,25,29)/i6D2,12D2. The Labute approximate surface area is 174 Å². The summed E-state index contributed by atoms with van der Waals surface area (Å²) >= 11 is 0. The fourth-order valence-corrected chi connectivity index (χ4v) is 3.47. The number of aromatic nitrogens is 3. The van der Waals surface area contributed by atoms with Crippen molar-refractivity contribution in [1.82, 2.24) is 20.3 Å². The maximum absolute atomic E-state index is 12.0. The molecule has 0 saturated carbocycles. The number of hydrogen-bond donors (Lipinski definition) is 2. The number of rotatable bonds is 3. The van der Waals surface area contributed by atoms with Gasteiger partial charge >= 0.3 is 0 Å². The van der Waals surface area contributed by atoms with Crippen LogP contribution >= 0.6 is 0 Å². The van der Waals surface area contributed by atoms with E-state index in [2.05, 4.69) is 25.6 Å². The second kappa shape index (κ2) is 6.84. The first-order valence-electron chi connectivity index (χ1n) is 11.3. The van der Waals surface area contributed by atoms with Crippen molar-refractivity contribution in [2.24, 2.45) is 0 Å². The Balaban J connectivity index is 1.60. The van der Waals surface area contributed by atoms with Crippen LogP contribution in [0.4, 0.5) is 17.2 Å². The number of pyridine rings is 3. The van der Waals surface area contributed by atoms with E-state index in [1.54, 1.807) is 37.6 Å². The number of fused-ring (bicyclic) bond motifs is 2. The van der Waals surface area contributed by atoms with Gasteiger partial charge < -0.3 is 15.5 Å². The highest BCUT2D eigenvalue weighted by Crippen LogP contribution is 2.29. The van der Waals surface area contributed by atoms with Gasteiger partial charge in [-0.05, 0) is 48.7 Å². The lowest BCUT2D eigenvalue weighted by atomic mass is 10.0. The zero-order chi connectivity index (χ0) is 23.5. The molecule has 29 heavy (non-hydrogen) atoms. The molecule has 146 valence electrons. The highest BCUT2D eigenvalue weighted by molar-refractivity contribution is 5.98. The number of carbonyl (C=O) groups excluding carboxylic acids is 1. The van der Waals surface area contributed by atoms with E-state index in [1.807, 2.05) is 13.0 Å². The third kappa shape index (κ3) is 3.18. The Bertz CT molecular complexity index is 1300. The van der Waals surface area contributed by atoms with Gasteiger partial charge in [0.15, 0.2) is 0 Å². The number of hydrogen-bond acceptors (Lipinski definition) is 6. The Morgan fingerprint density at radius 1 is 1.21 bits per heavy atom. The van der Waals surface area contributed by atoms with E-state index in [0.717, 1.165) is 16.2 Å². The van der Waals surface area contributed by atoms with E-state index < -0.39 is 13.0 Å². The van der Waals surface area contributed by atoms with Crippen LogP contribution < -0.4 is 15.5 Å². The lowest BCUT2D eigenvalue weighted by Crippen LogP contribution is -2.32. The van der Waals surface area contributed by atoms with Gasteiger partial charge in [-0.2, -0.15) is 0 Å². The fourth-order valence-electron chi connectivity index (χ4n) is 3.47. The van der Waals surface area contributed by atoms with Crippen LogP contribution in [0.15, 0.2) is 36.8 Å². The molecule has 0 saturated heterocycles. The van der Waals surface area contributed by atoms with Crippen molar-refractivity contribution in [2.45, 2.75) is 33.3 Å². The number of nitrogens with one attached hydrogen (secondary N) is 2. The van der Waals surface area contributed by atoms with Gasteiger partial charge in [0.25, 0.3) is 5.91 Å². The average Bonchev–Trinajstić information content (AvgIpc) is 3.09. The minimum atomic E-state index is -2.24. The summed E-state index contributed by atoms with van der Waals surface area (Å²) in [6.07, 6.45) is 4.87. The zero-order valence-corrected chi connectivity index (χ0v) is 16.1. The molecule has 7 nitrogen and oxygen atoms in total. The maximum Gasteiger partial charge on any atom is 0.253 e. The van der Waals surface area contributed by atoms with Gasteiger partial charge in [0.05, 0.1) is 32.4 Å². The Hall–Kier alpha value is -3.48. The van der Waals surface area contributed by atoms with Crippen LogP contribution in [-0.4, -0.2) is 27.4 Å². The lowest BCUT2D eigenvalue weighted by molar-refractivity contribution is 0.0965. The first-order chi connectivity index (χ1) is 15.6. The minimum absolute atomic E-state index is 0.105. The Kier molecular flexibility index (Phi) is 3.22. The lowest BCUT2D eigenvalue weighted by Gasteiger charge is -2.31. The van der Waals surface area contributed by atoms with Crippen LogP contribution in [0.5, 0.6) is 0 Å². The SMILES string of the molecule is [2H]C1([2H])Cc2ncc(Nc3ccncc3C)cc2C([2H])([2H])N1c1nc2c(cc1C)C(=O)NC2. The average molecular weight is 390 g/mol. The van der Waals surface area contributed by atoms with Crippen LogP contribution in [0.25, 0.3) is 0 Å². The van der Waals surface area contributed by atoms with Crippen molar-refractivity contribution in [1.29, 1.82) is 0 Å². The number of anilines is 3. The molecule has 2 N–H and O–H groups in total. The summed E-state index contributed by atoms with van der Waals surface area (Å²) in [6, 6.07) is 5.13. The Morgan fingerprint density at radius 2 is 2.10 bits per heavy atom. The van der Waals surface area contributed by atoms with E-state index in [9.17, 15) is 4.79 Å². The molecule has 5 heterocycles. The normalized spacial score (nSPS) is 20.5. The molecule has 0 aliphatic carbocycles. The van der Waals surface area contributed by atoms with Crippen molar-refractivity contribution in [3.05, 3.63) is 70.4 Å². The molecule has 3 aromatic heterocycles. The predicted octanol–water partition coefficient (Wildman–Crippen LogP) is 3.04. The first kappa shape index (κ1) is 13.7. The molecule has 3 aromatic rings. The van der Waals surface area contributed by atoms with Gasteiger partial charge in [0.2, 0.25) is 0 Å². The summed E-state index contributed by atoms with van der Waals surface area (Å²) in [4.78, 5) is 26.1. The number of carbonyl (C=O) groups is 1. The summed E-state index contributed by atoms with van der Waals surface area (Å²) in [5.41, 5.74) is 4.41. The second-order valence-corrected chi connectivity index (χ2v) is 7.12. The van der Waals surface area contributed by atoms with E-state index in [1.165, 1.54) is 0 Å². The number of aryl methyl sites for hydroxylation is 3. The van der Waals surface area contributed by atoms with Crippen LogP contribution in [0, 0.1) is 13.8 Å². The summed E-state index contributed by atoms with van der Waals surface area (Å²) in [5.74, 6) is -0.0530. The topological polar surface area (TPSA) is 83.0 Å². The highest BCUT2D eigenvalue weighted by atomic mass is 16.1. The van der Waals surface area contributed by atoms with Gasteiger partial charge in [-0.15, -0.1) is 0 Å². The monoisotopic (exact) mass is 390 g/mol. The van der Waals surface area contributed by atoms with Gasteiger partial charge in [-0.1, -0.05) is 0 Å². The van der Waals surface area contributed by atoms with Crippen molar-refractivity contribution in [2.75, 3.05) is 16.7 Å². The number of nitrogens with zero attached hydrogens (tertiary/aromatic N) is 4. The van der Waals surface area contributed by atoms with Crippen LogP contribution in [0.3, 0.4) is 0 Å².